The summed E-state index contributed by atoms with van der Waals surface area (Å²) in [5, 5.41) is 5.40. The smallest absolute Gasteiger partial charge is 0.391 e. The molecule has 0 radical (unpaired) electrons. The molecule has 1 fully saturated rings. The maximum Gasteiger partial charge on any atom is 0.391 e. The van der Waals surface area contributed by atoms with Gasteiger partial charge in [-0.05, 0) is 38.7 Å². The van der Waals surface area contributed by atoms with Crippen LogP contribution in [0.15, 0.2) is 43.0 Å². The van der Waals surface area contributed by atoms with Crippen LogP contribution in [0.2, 0.25) is 5.15 Å². The fourth-order valence-corrected chi connectivity index (χ4v) is 5.08. The van der Waals surface area contributed by atoms with E-state index in [1.165, 1.54) is 0 Å². The second-order valence-electron chi connectivity index (χ2n) is 9.15. The van der Waals surface area contributed by atoms with Gasteiger partial charge in [-0.1, -0.05) is 11.6 Å². The number of aryl methyl sites for hydroxylation is 2. The van der Waals surface area contributed by atoms with Gasteiger partial charge in [0.2, 0.25) is 0 Å². The molecule has 0 N–H and O–H groups in total. The summed E-state index contributed by atoms with van der Waals surface area (Å²) in [5.74, 6) is -0.645. The highest BCUT2D eigenvalue weighted by Gasteiger charge is 2.41. The molecule has 184 valence electrons. The van der Waals surface area contributed by atoms with Gasteiger partial charge < -0.3 is 9.30 Å². The Morgan fingerprint density at radius 2 is 1.91 bits per heavy atom. The van der Waals surface area contributed by atoms with Crippen LogP contribution in [0.1, 0.15) is 36.9 Å². The van der Waals surface area contributed by atoms with Gasteiger partial charge in [-0.2, -0.15) is 18.3 Å². The number of hydrogen-bond acceptors (Lipinski definition) is 4. The standard InChI is InChI=1S/C25H25ClF3N5O/c1-15-9-19(35-18-5-3-17(4-6-18)25(27,28)29)10-21(32-15)20-14-34(13-16-11-31-33(2)12-16)22-7-8-30-24(26)23(20)22/h7-12,14,17-18H,3-6,13H2,1-2H3. The molecular weight excluding hydrogens is 479 g/mol. The maximum atomic E-state index is 13.0. The van der Waals surface area contributed by atoms with Crippen LogP contribution in [0.5, 0.6) is 5.75 Å². The summed E-state index contributed by atoms with van der Waals surface area (Å²) in [7, 11) is 1.87. The highest BCUT2D eigenvalue weighted by atomic mass is 35.5. The third-order valence-electron chi connectivity index (χ3n) is 6.50. The average Bonchev–Trinajstić information content (AvgIpc) is 3.37. The zero-order valence-corrected chi connectivity index (χ0v) is 20.1. The van der Waals surface area contributed by atoms with Gasteiger partial charge in [0, 0.05) is 60.0 Å². The van der Waals surface area contributed by atoms with E-state index in [1.807, 2.05) is 50.8 Å². The van der Waals surface area contributed by atoms with Gasteiger partial charge in [-0.3, -0.25) is 9.67 Å². The van der Waals surface area contributed by atoms with Gasteiger partial charge in [0.25, 0.3) is 0 Å². The van der Waals surface area contributed by atoms with Gasteiger partial charge in [-0.25, -0.2) is 4.98 Å². The lowest BCUT2D eigenvalue weighted by atomic mass is 9.87. The molecule has 4 aromatic rings. The van der Waals surface area contributed by atoms with Crippen LogP contribution in [0.25, 0.3) is 22.2 Å². The third-order valence-corrected chi connectivity index (χ3v) is 6.79. The molecule has 10 heteroatoms. The quantitative estimate of drug-likeness (QED) is 0.298. The van der Waals surface area contributed by atoms with Crippen molar-refractivity contribution in [3.8, 4) is 17.0 Å². The van der Waals surface area contributed by atoms with Gasteiger partial charge in [0.05, 0.1) is 36.0 Å². The summed E-state index contributed by atoms with van der Waals surface area (Å²) in [6.45, 7) is 2.47. The number of fused-ring (bicyclic) bond motifs is 1. The zero-order valence-electron chi connectivity index (χ0n) is 19.4. The Labute approximate surface area is 205 Å². The summed E-state index contributed by atoms with van der Waals surface area (Å²) in [4.78, 5) is 8.98. The Morgan fingerprint density at radius 1 is 1.14 bits per heavy atom. The Bertz CT molecular complexity index is 1360. The van der Waals surface area contributed by atoms with Crippen molar-refractivity contribution in [2.45, 2.75) is 51.4 Å². The number of hydrogen-bond donors (Lipinski definition) is 0. The lowest BCUT2D eigenvalue weighted by molar-refractivity contribution is -0.185. The van der Waals surface area contributed by atoms with Crippen molar-refractivity contribution in [2.24, 2.45) is 13.0 Å². The van der Waals surface area contributed by atoms with Crippen molar-refractivity contribution < 1.29 is 17.9 Å². The van der Waals surface area contributed by atoms with Crippen molar-refractivity contribution in [3.63, 3.8) is 0 Å². The lowest BCUT2D eigenvalue weighted by Gasteiger charge is -2.30. The van der Waals surface area contributed by atoms with E-state index in [4.69, 9.17) is 21.3 Å². The zero-order chi connectivity index (χ0) is 24.7. The summed E-state index contributed by atoms with van der Waals surface area (Å²) in [5.41, 5.74) is 4.19. The van der Waals surface area contributed by atoms with E-state index in [-0.39, 0.29) is 18.9 Å². The van der Waals surface area contributed by atoms with E-state index in [9.17, 15) is 13.2 Å². The molecule has 1 aliphatic carbocycles. The van der Waals surface area contributed by atoms with Crippen LogP contribution in [0.3, 0.4) is 0 Å². The molecule has 1 aliphatic rings. The number of aromatic nitrogens is 5. The molecule has 0 aromatic carbocycles. The van der Waals surface area contributed by atoms with Crippen molar-refractivity contribution in [3.05, 3.63) is 59.4 Å². The molecule has 0 atom stereocenters. The van der Waals surface area contributed by atoms with Crippen LogP contribution >= 0.6 is 11.6 Å². The Hall–Kier alpha value is -3.07. The van der Waals surface area contributed by atoms with Gasteiger partial charge in [-0.15, -0.1) is 0 Å². The number of nitrogens with zero attached hydrogens (tertiary/aromatic N) is 5. The highest BCUT2D eigenvalue weighted by Crippen LogP contribution is 2.39. The number of alkyl halides is 3. The minimum absolute atomic E-state index is 0.0915. The molecule has 0 amide bonds. The first-order valence-electron chi connectivity index (χ1n) is 11.5. The van der Waals surface area contributed by atoms with Crippen LogP contribution < -0.4 is 4.74 Å². The Balaban J connectivity index is 1.45. The predicted octanol–water partition coefficient (Wildman–Crippen LogP) is 6.34. The first-order valence-corrected chi connectivity index (χ1v) is 11.9. The maximum absolute atomic E-state index is 13.0. The summed E-state index contributed by atoms with van der Waals surface area (Å²) < 4.78 is 49.0. The first-order chi connectivity index (χ1) is 16.7. The molecule has 1 saturated carbocycles. The molecule has 4 heterocycles. The minimum Gasteiger partial charge on any atom is -0.490 e. The van der Waals surface area contributed by atoms with Crippen molar-refractivity contribution in [1.29, 1.82) is 0 Å². The van der Waals surface area contributed by atoms with Gasteiger partial charge in [0.15, 0.2) is 0 Å². The molecular formula is C25H25ClF3N5O. The van der Waals surface area contributed by atoms with E-state index in [1.54, 1.807) is 10.9 Å². The monoisotopic (exact) mass is 503 g/mol. The van der Waals surface area contributed by atoms with Crippen LogP contribution in [0.4, 0.5) is 13.2 Å². The Kier molecular flexibility index (Phi) is 6.21. The van der Waals surface area contributed by atoms with Gasteiger partial charge in [0.1, 0.15) is 10.9 Å². The second kappa shape index (κ2) is 9.18. The molecule has 0 bridgehead atoms. The number of ether oxygens (including phenoxy) is 1. The van der Waals surface area contributed by atoms with E-state index >= 15 is 0 Å². The SMILES string of the molecule is Cc1cc(OC2CCC(C(F)(F)F)CC2)cc(-c2cn(Cc3cnn(C)c3)c3ccnc(Cl)c23)n1. The van der Waals surface area contributed by atoms with Crippen molar-refractivity contribution >= 4 is 22.5 Å². The van der Waals surface area contributed by atoms with E-state index in [0.717, 1.165) is 27.7 Å². The topological polar surface area (TPSA) is 57.8 Å². The van der Waals surface area contributed by atoms with Crippen molar-refractivity contribution in [1.82, 2.24) is 24.3 Å². The molecule has 35 heavy (non-hydrogen) atoms. The molecule has 4 aromatic heterocycles. The summed E-state index contributed by atoms with van der Waals surface area (Å²) >= 11 is 6.53. The summed E-state index contributed by atoms with van der Waals surface area (Å²) in [6.07, 6.45) is 3.99. The first kappa shape index (κ1) is 23.7. The fraction of sp³-hybridized carbons (Fsp3) is 0.400. The van der Waals surface area contributed by atoms with E-state index < -0.39 is 12.1 Å². The van der Waals surface area contributed by atoms with Gasteiger partial charge >= 0.3 is 6.18 Å². The van der Waals surface area contributed by atoms with Crippen molar-refractivity contribution in [2.75, 3.05) is 0 Å². The van der Waals surface area contributed by atoms with Crippen LogP contribution in [0, 0.1) is 12.8 Å². The molecule has 5 rings (SSSR count). The average molecular weight is 504 g/mol. The van der Waals surface area contributed by atoms with E-state index in [0.29, 0.717) is 36.0 Å². The van der Waals surface area contributed by atoms with E-state index in [2.05, 4.69) is 14.6 Å². The number of rotatable bonds is 5. The molecule has 0 spiro atoms. The second-order valence-corrected chi connectivity index (χ2v) is 9.51. The Morgan fingerprint density at radius 3 is 2.60 bits per heavy atom. The minimum atomic E-state index is -4.14. The number of pyridine rings is 2. The normalized spacial score (nSPS) is 18.8. The molecule has 6 nitrogen and oxygen atoms in total. The third kappa shape index (κ3) is 5.00. The number of halogens is 4. The molecule has 0 aliphatic heterocycles. The van der Waals surface area contributed by atoms with Crippen LogP contribution in [-0.2, 0) is 13.6 Å². The molecule has 0 unspecified atom stereocenters. The summed E-state index contributed by atoms with van der Waals surface area (Å²) in [6, 6.07) is 5.55. The van der Waals surface area contributed by atoms with Crippen LogP contribution in [-0.4, -0.2) is 36.6 Å². The highest BCUT2D eigenvalue weighted by molar-refractivity contribution is 6.35. The fourth-order valence-electron chi connectivity index (χ4n) is 4.82. The predicted molar refractivity (Wildman–Crippen MR) is 127 cm³/mol. The lowest BCUT2D eigenvalue weighted by Crippen LogP contribution is -2.31. The molecule has 0 saturated heterocycles. The largest absolute Gasteiger partial charge is 0.490 e.